The molecule has 0 saturated heterocycles. The molecule has 1 aromatic rings. The molecular formula is C7H7ClNO. The Morgan fingerprint density at radius 1 is 1.40 bits per heavy atom. The van der Waals surface area contributed by atoms with Gasteiger partial charge in [0, 0.05) is 0 Å². The molecule has 0 bridgehead atoms. The lowest BCUT2D eigenvalue weighted by atomic mass is 10.3. The minimum Gasteiger partial charge on any atom is -0.255 e. The fourth-order valence-electron chi connectivity index (χ4n) is 0.624. The van der Waals surface area contributed by atoms with Crippen molar-refractivity contribution in [3.05, 3.63) is 29.3 Å². The highest BCUT2D eigenvalue weighted by Crippen LogP contribution is 2.19. The third-order valence-electron chi connectivity index (χ3n) is 1.04. The molecule has 10 heavy (non-hydrogen) atoms. The number of hydrogen-bond acceptors (Lipinski definition) is 1. The average Bonchev–Trinajstić information content (AvgIpc) is 1.94. The number of halogens is 1. The fourth-order valence-corrected chi connectivity index (χ4v) is 0.794. The van der Waals surface area contributed by atoms with Gasteiger partial charge in [0.15, 0.2) is 0 Å². The van der Waals surface area contributed by atoms with Gasteiger partial charge in [-0.15, -0.1) is 5.48 Å². The average molecular weight is 157 g/mol. The van der Waals surface area contributed by atoms with Crippen molar-refractivity contribution in [3.8, 4) is 0 Å². The van der Waals surface area contributed by atoms with Crippen LogP contribution in [0.1, 0.15) is 0 Å². The smallest absolute Gasteiger partial charge is 0.109 e. The lowest BCUT2D eigenvalue weighted by molar-refractivity contribution is 0.125. The molecule has 0 aliphatic rings. The van der Waals surface area contributed by atoms with Crippen LogP contribution >= 0.6 is 11.6 Å². The maximum atomic E-state index is 5.73. The van der Waals surface area contributed by atoms with Crippen LogP contribution in [0.25, 0.3) is 0 Å². The molecule has 0 fully saturated rings. The standard InChI is InChI=1S/C7H7ClNO/c1-10-9-7-5-3-2-4-6(7)8/h2-5H,1H3. The van der Waals surface area contributed by atoms with E-state index >= 15 is 0 Å². The zero-order chi connectivity index (χ0) is 7.40. The molecule has 2 nitrogen and oxygen atoms in total. The van der Waals surface area contributed by atoms with Gasteiger partial charge in [0.25, 0.3) is 0 Å². The minimum atomic E-state index is 0.601. The monoisotopic (exact) mass is 156 g/mol. The third-order valence-corrected chi connectivity index (χ3v) is 1.36. The van der Waals surface area contributed by atoms with E-state index in [4.69, 9.17) is 11.6 Å². The molecule has 0 unspecified atom stereocenters. The van der Waals surface area contributed by atoms with Gasteiger partial charge in [0.05, 0.1) is 12.1 Å². The van der Waals surface area contributed by atoms with E-state index in [1.54, 1.807) is 12.1 Å². The Kier molecular flexibility index (Phi) is 2.54. The Bertz CT molecular complexity index is 215. The van der Waals surface area contributed by atoms with Crippen molar-refractivity contribution in [2.45, 2.75) is 0 Å². The van der Waals surface area contributed by atoms with Crippen LogP contribution < -0.4 is 5.48 Å². The summed E-state index contributed by atoms with van der Waals surface area (Å²) >= 11 is 5.73. The molecule has 1 rings (SSSR count). The molecule has 53 valence electrons. The summed E-state index contributed by atoms with van der Waals surface area (Å²) in [6.45, 7) is 0. The summed E-state index contributed by atoms with van der Waals surface area (Å²) in [4.78, 5) is 4.55. The molecule has 0 spiro atoms. The van der Waals surface area contributed by atoms with Crippen molar-refractivity contribution in [1.29, 1.82) is 0 Å². The largest absolute Gasteiger partial charge is 0.255 e. The van der Waals surface area contributed by atoms with Gasteiger partial charge in [-0.1, -0.05) is 23.7 Å². The van der Waals surface area contributed by atoms with Crippen molar-refractivity contribution < 1.29 is 4.84 Å². The quantitative estimate of drug-likeness (QED) is 0.602. The predicted octanol–water partition coefficient (Wildman–Crippen LogP) is 2.14. The SMILES string of the molecule is CO[N]c1ccccc1Cl. The van der Waals surface area contributed by atoms with Crippen LogP contribution in [0.4, 0.5) is 5.69 Å². The van der Waals surface area contributed by atoms with Crippen LogP contribution in [0.5, 0.6) is 0 Å². The van der Waals surface area contributed by atoms with E-state index in [0.29, 0.717) is 10.7 Å². The molecule has 0 heterocycles. The van der Waals surface area contributed by atoms with Crippen molar-refractivity contribution >= 4 is 17.3 Å². The maximum Gasteiger partial charge on any atom is 0.109 e. The van der Waals surface area contributed by atoms with E-state index in [-0.39, 0.29) is 0 Å². The highest BCUT2D eigenvalue weighted by atomic mass is 35.5. The second-order valence-electron chi connectivity index (χ2n) is 1.73. The molecule has 1 aromatic carbocycles. The molecule has 0 aliphatic carbocycles. The molecule has 0 amide bonds. The minimum absolute atomic E-state index is 0.601. The summed E-state index contributed by atoms with van der Waals surface area (Å²) in [5, 5.41) is 0.601. The molecule has 0 aliphatic heterocycles. The first-order valence-electron chi connectivity index (χ1n) is 2.83. The molecule has 0 saturated carbocycles. The first kappa shape index (κ1) is 7.38. The molecule has 0 aromatic heterocycles. The van der Waals surface area contributed by atoms with E-state index in [9.17, 15) is 0 Å². The highest BCUT2D eigenvalue weighted by molar-refractivity contribution is 6.32. The Balaban J connectivity index is 2.81. The Morgan fingerprint density at radius 2 is 2.10 bits per heavy atom. The van der Waals surface area contributed by atoms with E-state index in [2.05, 4.69) is 10.3 Å². The van der Waals surface area contributed by atoms with Crippen LogP contribution in [0.3, 0.4) is 0 Å². The zero-order valence-corrected chi connectivity index (χ0v) is 6.30. The predicted molar refractivity (Wildman–Crippen MR) is 40.3 cm³/mol. The summed E-state index contributed by atoms with van der Waals surface area (Å²) in [7, 11) is 1.49. The molecule has 0 N–H and O–H groups in total. The van der Waals surface area contributed by atoms with Gasteiger partial charge < -0.3 is 0 Å². The second-order valence-corrected chi connectivity index (χ2v) is 2.13. The van der Waals surface area contributed by atoms with E-state index < -0.39 is 0 Å². The van der Waals surface area contributed by atoms with Gasteiger partial charge in [-0.3, -0.25) is 4.84 Å². The van der Waals surface area contributed by atoms with Gasteiger partial charge in [-0.25, -0.2) is 0 Å². The summed E-state index contributed by atoms with van der Waals surface area (Å²) in [5.41, 5.74) is 4.33. The number of nitrogens with zero attached hydrogens (tertiary/aromatic N) is 1. The van der Waals surface area contributed by atoms with E-state index in [1.807, 2.05) is 12.1 Å². The molecular weight excluding hydrogens is 150 g/mol. The number of benzene rings is 1. The highest BCUT2D eigenvalue weighted by Gasteiger charge is 1.96. The summed E-state index contributed by atoms with van der Waals surface area (Å²) < 4.78 is 0. The van der Waals surface area contributed by atoms with Crippen LogP contribution in [0.15, 0.2) is 24.3 Å². The Hall–Kier alpha value is -0.730. The lowest BCUT2D eigenvalue weighted by Crippen LogP contribution is -1.93. The van der Waals surface area contributed by atoms with Crippen molar-refractivity contribution in [2.24, 2.45) is 0 Å². The molecule has 1 radical (unpaired) electrons. The lowest BCUT2D eigenvalue weighted by Gasteiger charge is -1.98. The number of hydrogen-bond donors (Lipinski definition) is 0. The molecule has 0 atom stereocenters. The van der Waals surface area contributed by atoms with Gasteiger partial charge in [0.1, 0.15) is 5.69 Å². The van der Waals surface area contributed by atoms with Crippen molar-refractivity contribution in [2.75, 3.05) is 7.11 Å². The maximum absolute atomic E-state index is 5.73. The van der Waals surface area contributed by atoms with Crippen molar-refractivity contribution in [3.63, 3.8) is 0 Å². The first-order chi connectivity index (χ1) is 4.84. The van der Waals surface area contributed by atoms with Crippen LogP contribution in [-0.2, 0) is 4.84 Å². The first-order valence-corrected chi connectivity index (χ1v) is 3.21. The third kappa shape index (κ3) is 1.62. The summed E-state index contributed by atoms with van der Waals surface area (Å²) in [5.74, 6) is 0. The zero-order valence-electron chi connectivity index (χ0n) is 5.54. The van der Waals surface area contributed by atoms with Crippen molar-refractivity contribution in [1.82, 2.24) is 5.48 Å². The fraction of sp³-hybridized carbons (Fsp3) is 0.143. The normalized spacial score (nSPS) is 9.40. The molecule has 3 heteroatoms. The topological polar surface area (TPSA) is 23.3 Å². The van der Waals surface area contributed by atoms with Gasteiger partial charge in [-0.2, -0.15) is 0 Å². The second kappa shape index (κ2) is 3.44. The summed E-state index contributed by atoms with van der Waals surface area (Å²) in [6, 6.07) is 7.24. The van der Waals surface area contributed by atoms with Crippen LogP contribution in [0.2, 0.25) is 5.02 Å². The van der Waals surface area contributed by atoms with Crippen LogP contribution in [0, 0.1) is 0 Å². The van der Waals surface area contributed by atoms with Gasteiger partial charge >= 0.3 is 0 Å². The Morgan fingerprint density at radius 3 is 2.70 bits per heavy atom. The van der Waals surface area contributed by atoms with Crippen LogP contribution in [-0.4, -0.2) is 7.11 Å². The summed E-state index contributed by atoms with van der Waals surface area (Å²) in [6.07, 6.45) is 0. The van der Waals surface area contributed by atoms with Gasteiger partial charge in [-0.05, 0) is 12.1 Å². The Labute approximate surface area is 64.7 Å². The number of rotatable bonds is 2. The van der Waals surface area contributed by atoms with Gasteiger partial charge in [0.2, 0.25) is 0 Å². The van der Waals surface area contributed by atoms with E-state index in [0.717, 1.165) is 0 Å². The van der Waals surface area contributed by atoms with E-state index in [1.165, 1.54) is 7.11 Å².